The first-order valence-corrected chi connectivity index (χ1v) is 6.94. The summed E-state index contributed by atoms with van der Waals surface area (Å²) in [4.78, 5) is 0. The molecule has 2 aromatic rings. The van der Waals surface area contributed by atoms with E-state index in [-0.39, 0.29) is 23.7 Å². The van der Waals surface area contributed by atoms with Crippen LogP contribution in [0, 0.1) is 0 Å². The summed E-state index contributed by atoms with van der Waals surface area (Å²) in [5.74, 6) is -0.0718. The average Bonchev–Trinajstić information content (AvgIpc) is 2.51. The first kappa shape index (κ1) is 13.0. The number of benzene rings is 2. The molecule has 0 saturated heterocycles. The van der Waals surface area contributed by atoms with Gasteiger partial charge in [0.1, 0.15) is 0 Å². The Labute approximate surface area is 118 Å². The predicted molar refractivity (Wildman–Crippen MR) is 76.8 cm³/mol. The van der Waals surface area contributed by atoms with Crippen LogP contribution in [0.5, 0.6) is 11.5 Å². The first-order chi connectivity index (χ1) is 9.70. The van der Waals surface area contributed by atoms with Crippen LogP contribution in [-0.4, -0.2) is 10.2 Å². The van der Waals surface area contributed by atoms with E-state index in [9.17, 15) is 10.2 Å². The molecule has 0 radical (unpaired) electrons. The Morgan fingerprint density at radius 1 is 1.10 bits per heavy atom. The topological polar surface area (TPSA) is 49.7 Å². The summed E-state index contributed by atoms with van der Waals surface area (Å²) in [6.45, 7) is 2.06. The lowest BCUT2D eigenvalue weighted by Crippen LogP contribution is -2.20. The molecule has 0 saturated carbocycles. The molecule has 3 heteroatoms. The summed E-state index contributed by atoms with van der Waals surface area (Å²) in [6, 6.07) is 13.4. The SMILES string of the molecule is CCC1OC(c2ccccc2)Cc2c1ccc(O)c2O. The summed E-state index contributed by atoms with van der Waals surface area (Å²) in [5, 5.41) is 19.8. The van der Waals surface area contributed by atoms with E-state index in [0.29, 0.717) is 6.42 Å². The molecule has 2 unspecified atom stereocenters. The van der Waals surface area contributed by atoms with Crippen LogP contribution >= 0.6 is 0 Å². The van der Waals surface area contributed by atoms with Crippen LogP contribution in [-0.2, 0) is 11.2 Å². The van der Waals surface area contributed by atoms with E-state index < -0.39 is 0 Å². The fraction of sp³-hybridized carbons (Fsp3) is 0.294. The molecule has 1 heterocycles. The number of phenolic OH excluding ortho intramolecular Hbond substituents is 2. The smallest absolute Gasteiger partial charge is 0.161 e. The third-order valence-corrected chi connectivity index (χ3v) is 3.90. The highest BCUT2D eigenvalue weighted by molar-refractivity contribution is 5.51. The largest absolute Gasteiger partial charge is 0.504 e. The third kappa shape index (κ3) is 2.14. The second kappa shape index (κ2) is 5.17. The highest BCUT2D eigenvalue weighted by atomic mass is 16.5. The molecule has 0 bridgehead atoms. The first-order valence-electron chi connectivity index (χ1n) is 6.94. The van der Waals surface area contributed by atoms with E-state index in [0.717, 1.165) is 23.1 Å². The van der Waals surface area contributed by atoms with E-state index in [1.165, 1.54) is 6.07 Å². The Morgan fingerprint density at radius 2 is 1.85 bits per heavy atom. The van der Waals surface area contributed by atoms with E-state index >= 15 is 0 Å². The van der Waals surface area contributed by atoms with Gasteiger partial charge in [-0.15, -0.1) is 0 Å². The number of hydrogen-bond acceptors (Lipinski definition) is 3. The fourth-order valence-corrected chi connectivity index (χ4v) is 2.84. The zero-order chi connectivity index (χ0) is 14.1. The standard InChI is InChI=1S/C17H18O3/c1-2-15-12-8-9-14(18)17(19)13(12)10-16(20-15)11-6-4-3-5-7-11/h3-9,15-16,18-19H,2,10H2,1H3. The molecular weight excluding hydrogens is 252 g/mol. The molecule has 20 heavy (non-hydrogen) atoms. The molecule has 0 fully saturated rings. The zero-order valence-electron chi connectivity index (χ0n) is 11.4. The number of ether oxygens (including phenoxy) is 1. The maximum absolute atomic E-state index is 10.1. The number of phenols is 2. The van der Waals surface area contributed by atoms with Crippen molar-refractivity contribution in [1.29, 1.82) is 0 Å². The average molecular weight is 270 g/mol. The third-order valence-electron chi connectivity index (χ3n) is 3.90. The normalized spacial score (nSPS) is 21.4. The Kier molecular flexibility index (Phi) is 3.36. The van der Waals surface area contributed by atoms with Gasteiger partial charge in [0, 0.05) is 12.0 Å². The Bertz CT molecular complexity index is 607. The predicted octanol–water partition coefficient (Wildman–Crippen LogP) is 3.86. The maximum atomic E-state index is 10.1. The molecule has 0 aromatic heterocycles. The van der Waals surface area contributed by atoms with Crippen molar-refractivity contribution in [2.45, 2.75) is 32.0 Å². The molecule has 0 spiro atoms. The van der Waals surface area contributed by atoms with Gasteiger partial charge in [0.2, 0.25) is 0 Å². The fourth-order valence-electron chi connectivity index (χ4n) is 2.84. The lowest BCUT2D eigenvalue weighted by molar-refractivity contribution is -0.0299. The minimum atomic E-state index is -0.0821. The molecule has 0 aliphatic carbocycles. The zero-order valence-corrected chi connectivity index (χ0v) is 11.4. The quantitative estimate of drug-likeness (QED) is 0.815. The summed E-state index contributed by atoms with van der Waals surface area (Å²) in [5.41, 5.74) is 2.88. The van der Waals surface area contributed by atoms with Crippen LogP contribution in [0.25, 0.3) is 0 Å². The maximum Gasteiger partial charge on any atom is 0.161 e. The number of rotatable bonds is 2. The Morgan fingerprint density at radius 3 is 2.55 bits per heavy atom. The van der Waals surface area contributed by atoms with Crippen molar-refractivity contribution in [3.8, 4) is 11.5 Å². The van der Waals surface area contributed by atoms with Crippen molar-refractivity contribution in [2.24, 2.45) is 0 Å². The van der Waals surface area contributed by atoms with E-state index in [1.807, 2.05) is 36.4 Å². The minimum Gasteiger partial charge on any atom is -0.504 e. The van der Waals surface area contributed by atoms with Crippen LogP contribution in [0.2, 0.25) is 0 Å². The molecular formula is C17H18O3. The Balaban J connectivity index is 2.03. The minimum absolute atomic E-state index is 0.00909. The second-order valence-electron chi connectivity index (χ2n) is 5.14. The van der Waals surface area contributed by atoms with Gasteiger partial charge in [0.25, 0.3) is 0 Å². The van der Waals surface area contributed by atoms with Gasteiger partial charge in [-0.05, 0) is 23.6 Å². The van der Waals surface area contributed by atoms with E-state index in [4.69, 9.17) is 4.74 Å². The van der Waals surface area contributed by atoms with Gasteiger partial charge in [-0.2, -0.15) is 0 Å². The second-order valence-corrected chi connectivity index (χ2v) is 5.14. The van der Waals surface area contributed by atoms with Crippen molar-refractivity contribution >= 4 is 0 Å². The van der Waals surface area contributed by atoms with Crippen LogP contribution in [0.1, 0.15) is 42.2 Å². The molecule has 1 aliphatic rings. The van der Waals surface area contributed by atoms with Gasteiger partial charge in [-0.1, -0.05) is 43.3 Å². The molecule has 3 nitrogen and oxygen atoms in total. The van der Waals surface area contributed by atoms with Crippen molar-refractivity contribution in [1.82, 2.24) is 0 Å². The van der Waals surface area contributed by atoms with Crippen molar-refractivity contribution in [3.05, 3.63) is 59.2 Å². The molecule has 1 aliphatic heterocycles. The molecule has 2 aromatic carbocycles. The Hall–Kier alpha value is -2.00. The van der Waals surface area contributed by atoms with Crippen LogP contribution in [0.15, 0.2) is 42.5 Å². The number of hydrogen-bond donors (Lipinski definition) is 2. The van der Waals surface area contributed by atoms with Gasteiger partial charge in [-0.3, -0.25) is 0 Å². The molecule has 2 N–H and O–H groups in total. The van der Waals surface area contributed by atoms with Crippen LogP contribution in [0.3, 0.4) is 0 Å². The van der Waals surface area contributed by atoms with Gasteiger partial charge in [0.15, 0.2) is 11.5 Å². The van der Waals surface area contributed by atoms with Crippen molar-refractivity contribution in [2.75, 3.05) is 0 Å². The van der Waals surface area contributed by atoms with E-state index in [1.54, 1.807) is 0 Å². The lowest BCUT2D eigenvalue weighted by atomic mass is 9.89. The number of aromatic hydroxyl groups is 2. The summed E-state index contributed by atoms with van der Waals surface area (Å²) in [7, 11) is 0. The monoisotopic (exact) mass is 270 g/mol. The van der Waals surface area contributed by atoms with Crippen LogP contribution in [0.4, 0.5) is 0 Å². The highest BCUT2D eigenvalue weighted by Crippen LogP contribution is 2.44. The molecule has 2 atom stereocenters. The van der Waals surface area contributed by atoms with E-state index in [2.05, 4.69) is 6.92 Å². The highest BCUT2D eigenvalue weighted by Gasteiger charge is 2.30. The molecule has 3 rings (SSSR count). The van der Waals surface area contributed by atoms with Gasteiger partial charge < -0.3 is 14.9 Å². The van der Waals surface area contributed by atoms with Crippen molar-refractivity contribution in [3.63, 3.8) is 0 Å². The van der Waals surface area contributed by atoms with Gasteiger partial charge in [-0.25, -0.2) is 0 Å². The molecule has 104 valence electrons. The lowest BCUT2D eigenvalue weighted by Gasteiger charge is -2.32. The number of fused-ring (bicyclic) bond motifs is 1. The van der Waals surface area contributed by atoms with Gasteiger partial charge >= 0.3 is 0 Å². The molecule has 0 amide bonds. The van der Waals surface area contributed by atoms with Crippen LogP contribution < -0.4 is 0 Å². The summed E-state index contributed by atoms with van der Waals surface area (Å²) < 4.78 is 6.15. The van der Waals surface area contributed by atoms with Crippen molar-refractivity contribution < 1.29 is 14.9 Å². The van der Waals surface area contributed by atoms with Gasteiger partial charge in [0.05, 0.1) is 12.2 Å². The summed E-state index contributed by atoms with van der Waals surface area (Å²) >= 11 is 0. The summed E-state index contributed by atoms with van der Waals surface area (Å²) in [6.07, 6.45) is 1.29.